The van der Waals surface area contributed by atoms with Gasteiger partial charge in [0.2, 0.25) is 0 Å². The Morgan fingerprint density at radius 2 is 2.22 bits per heavy atom. The Bertz CT molecular complexity index is 94.7. The number of hydrogen-bond donors (Lipinski definition) is 0. The third-order valence-electron chi connectivity index (χ3n) is 1.11. The Balaban J connectivity index is 3.31. The zero-order valence-electron chi connectivity index (χ0n) is 6.13. The van der Waals surface area contributed by atoms with E-state index in [0.717, 1.165) is 19.1 Å². The molecule has 1 nitrogen and oxygen atoms in total. The van der Waals surface area contributed by atoms with Crippen LogP contribution in [0.2, 0.25) is 0 Å². The van der Waals surface area contributed by atoms with E-state index in [1.165, 1.54) is 0 Å². The van der Waals surface area contributed by atoms with Crippen LogP contribution in [-0.4, -0.2) is 6.29 Å². The summed E-state index contributed by atoms with van der Waals surface area (Å²) < 4.78 is 0. The summed E-state index contributed by atoms with van der Waals surface area (Å²) >= 11 is 0. The average molecular weight is 126 g/mol. The highest BCUT2D eigenvalue weighted by Crippen LogP contribution is 1.94. The molecule has 1 unspecified atom stereocenters. The minimum atomic E-state index is 0.0940. The molecule has 0 aliphatic heterocycles. The Morgan fingerprint density at radius 3 is 2.67 bits per heavy atom. The molecule has 0 bridgehead atoms. The zero-order chi connectivity index (χ0) is 7.11. The van der Waals surface area contributed by atoms with E-state index in [1.807, 2.05) is 13.0 Å². The molecule has 0 rings (SSSR count). The fourth-order valence-corrected chi connectivity index (χ4v) is 0.523. The second-order valence-corrected chi connectivity index (χ2v) is 2.21. The third-order valence-corrected chi connectivity index (χ3v) is 1.11. The van der Waals surface area contributed by atoms with Gasteiger partial charge >= 0.3 is 0 Å². The molecule has 0 aromatic carbocycles. The van der Waals surface area contributed by atoms with Gasteiger partial charge in [0.1, 0.15) is 6.29 Å². The summed E-state index contributed by atoms with van der Waals surface area (Å²) in [6.07, 6.45) is 7.18. The summed E-state index contributed by atoms with van der Waals surface area (Å²) in [5.41, 5.74) is 0. The van der Waals surface area contributed by atoms with Crippen LogP contribution in [-0.2, 0) is 4.79 Å². The molecule has 0 radical (unpaired) electrons. The molecule has 1 heteroatoms. The largest absolute Gasteiger partial charge is 0.303 e. The molecule has 0 fully saturated rings. The van der Waals surface area contributed by atoms with Gasteiger partial charge in [-0.05, 0) is 6.42 Å². The van der Waals surface area contributed by atoms with Crippen molar-refractivity contribution in [1.82, 2.24) is 0 Å². The van der Waals surface area contributed by atoms with Crippen LogP contribution >= 0.6 is 0 Å². The van der Waals surface area contributed by atoms with E-state index in [0.29, 0.717) is 0 Å². The first-order chi connectivity index (χ1) is 4.31. The zero-order valence-corrected chi connectivity index (χ0v) is 6.13. The van der Waals surface area contributed by atoms with Crippen molar-refractivity contribution < 1.29 is 4.79 Å². The van der Waals surface area contributed by atoms with E-state index in [9.17, 15) is 4.79 Å². The lowest BCUT2D eigenvalue weighted by atomic mass is 10.2. The number of hydrogen-bond acceptors (Lipinski definition) is 1. The predicted molar refractivity (Wildman–Crippen MR) is 39.3 cm³/mol. The van der Waals surface area contributed by atoms with E-state index >= 15 is 0 Å². The maximum atomic E-state index is 10.0. The number of unbranched alkanes of at least 4 members (excludes halogenated alkanes) is 1. The number of aldehydes is 1. The van der Waals surface area contributed by atoms with Crippen molar-refractivity contribution in [2.24, 2.45) is 5.92 Å². The summed E-state index contributed by atoms with van der Waals surface area (Å²) in [7, 11) is 0. The topological polar surface area (TPSA) is 17.1 Å². The van der Waals surface area contributed by atoms with Crippen LogP contribution in [0.15, 0.2) is 12.2 Å². The van der Waals surface area contributed by atoms with Crippen LogP contribution in [0, 0.1) is 5.92 Å². The second kappa shape index (κ2) is 5.54. The van der Waals surface area contributed by atoms with E-state index in [-0.39, 0.29) is 5.92 Å². The Labute approximate surface area is 56.8 Å². The molecule has 0 aromatic heterocycles. The van der Waals surface area contributed by atoms with Crippen molar-refractivity contribution in [3.05, 3.63) is 12.2 Å². The van der Waals surface area contributed by atoms with Crippen molar-refractivity contribution >= 4 is 6.29 Å². The normalized spacial score (nSPS) is 14.0. The second-order valence-electron chi connectivity index (χ2n) is 2.21. The quantitative estimate of drug-likeness (QED) is 0.417. The summed E-state index contributed by atoms with van der Waals surface area (Å²) in [4.78, 5) is 10.0. The molecule has 0 amide bonds. The lowest BCUT2D eigenvalue weighted by Gasteiger charge is -1.89. The summed E-state index contributed by atoms with van der Waals surface area (Å²) in [6, 6.07) is 0. The average Bonchev–Trinajstić information content (AvgIpc) is 1.89. The molecular formula is C8H14O. The molecule has 0 spiro atoms. The Morgan fingerprint density at radius 1 is 1.56 bits per heavy atom. The van der Waals surface area contributed by atoms with Gasteiger partial charge in [0.05, 0.1) is 0 Å². The van der Waals surface area contributed by atoms with E-state index in [4.69, 9.17) is 0 Å². The lowest BCUT2D eigenvalue weighted by molar-refractivity contribution is -0.109. The Kier molecular flexibility index (Phi) is 5.18. The van der Waals surface area contributed by atoms with E-state index in [2.05, 4.69) is 13.0 Å². The third kappa shape index (κ3) is 5.28. The fraction of sp³-hybridized carbons (Fsp3) is 0.625. The molecular weight excluding hydrogens is 112 g/mol. The number of rotatable bonds is 4. The first kappa shape index (κ1) is 8.41. The molecule has 0 aliphatic rings. The predicted octanol–water partition coefficient (Wildman–Crippen LogP) is 2.18. The molecule has 0 saturated carbocycles. The van der Waals surface area contributed by atoms with Crippen LogP contribution in [0.5, 0.6) is 0 Å². The van der Waals surface area contributed by atoms with Gasteiger partial charge in [-0.15, -0.1) is 0 Å². The summed E-state index contributed by atoms with van der Waals surface area (Å²) in [5.74, 6) is 0.0940. The standard InChI is InChI=1S/C8H14O/c1-3-4-5-6-8(2)7-9/h5-8H,3-4H2,1-2H3. The SMILES string of the molecule is CCCC=CC(C)C=O. The smallest absolute Gasteiger partial charge is 0.126 e. The summed E-state index contributed by atoms with van der Waals surface area (Å²) in [5, 5.41) is 0. The van der Waals surface area contributed by atoms with Gasteiger partial charge in [0.15, 0.2) is 0 Å². The van der Waals surface area contributed by atoms with Gasteiger partial charge in [0.25, 0.3) is 0 Å². The molecule has 0 heterocycles. The molecule has 1 atom stereocenters. The number of carbonyl (C=O) groups is 1. The van der Waals surface area contributed by atoms with E-state index < -0.39 is 0 Å². The van der Waals surface area contributed by atoms with Gasteiger partial charge in [-0.3, -0.25) is 0 Å². The molecule has 52 valence electrons. The van der Waals surface area contributed by atoms with Gasteiger partial charge < -0.3 is 4.79 Å². The van der Waals surface area contributed by atoms with Crippen LogP contribution < -0.4 is 0 Å². The highest BCUT2D eigenvalue weighted by atomic mass is 16.1. The minimum Gasteiger partial charge on any atom is -0.303 e. The molecule has 0 aliphatic carbocycles. The number of allylic oxidation sites excluding steroid dienone is 2. The Hall–Kier alpha value is -0.590. The molecule has 0 saturated heterocycles. The first-order valence-corrected chi connectivity index (χ1v) is 3.43. The first-order valence-electron chi connectivity index (χ1n) is 3.43. The lowest BCUT2D eigenvalue weighted by Crippen LogP contribution is -1.87. The van der Waals surface area contributed by atoms with E-state index in [1.54, 1.807) is 0 Å². The van der Waals surface area contributed by atoms with Gasteiger partial charge in [-0.1, -0.05) is 32.4 Å². The highest BCUT2D eigenvalue weighted by Gasteiger charge is 1.88. The van der Waals surface area contributed by atoms with Crippen molar-refractivity contribution in [3.63, 3.8) is 0 Å². The van der Waals surface area contributed by atoms with Crippen molar-refractivity contribution in [2.75, 3.05) is 0 Å². The fourth-order valence-electron chi connectivity index (χ4n) is 0.523. The maximum Gasteiger partial charge on any atom is 0.126 e. The van der Waals surface area contributed by atoms with Crippen LogP contribution in [0.4, 0.5) is 0 Å². The molecule has 9 heavy (non-hydrogen) atoms. The van der Waals surface area contributed by atoms with Crippen molar-refractivity contribution in [3.8, 4) is 0 Å². The number of carbonyl (C=O) groups excluding carboxylic acids is 1. The van der Waals surface area contributed by atoms with Crippen LogP contribution in [0.25, 0.3) is 0 Å². The van der Waals surface area contributed by atoms with Gasteiger partial charge in [0, 0.05) is 5.92 Å². The molecule has 0 N–H and O–H groups in total. The minimum absolute atomic E-state index is 0.0940. The summed E-state index contributed by atoms with van der Waals surface area (Å²) in [6.45, 7) is 4.01. The maximum absolute atomic E-state index is 10.0. The van der Waals surface area contributed by atoms with Gasteiger partial charge in [-0.25, -0.2) is 0 Å². The van der Waals surface area contributed by atoms with Crippen LogP contribution in [0.1, 0.15) is 26.7 Å². The van der Waals surface area contributed by atoms with Gasteiger partial charge in [-0.2, -0.15) is 0 Å². The monoisotopic (exact) mass is 126 g/mol. The van der Waals surface area contributed by atoms with Crippen molar-refractivity contribution in [1.29, 1.82) is 0 Å². The molecule has 0 aromatic rings. The highest BCUT2D eigenvalue weighted by molar-refractivity contribution is 5.55. The van der Waals surface area contributed by atoms with Crippen LogP contribution in [0.3, 0.4) is 0 Å². The van der Waals surface area contributed by atoms with Crippen molar-refractivity contribution in [2.45, 2.75) is 26.7 Å².